The van der Waals surface area contributed by atoms with Gasteiger partial charge in [0.05, 0.1) is 18.4 Å². The van der Waals surface area contributed by atoms with E-state index in [1.54, 1.807) is 29.2 Å². The van der Waals surface area contributed by atoms with Gasteiger partial charge in [-0.05, 0) is 54.2 Å². The Labute approximate surface area is 210 Å². The molecule has 1 fully saturated rings. The van der Waals surface area contributed by atoms with E-state index in [-0.39, 0.29) is 23.5 Å². The molecule has 0 saturated carbocycles. The topological polar surface area (TPSA) is 147 Å². The number of nitrogens with one attached hydrogen (secondary N) is 2. The molecular weight excluding hydrogens is 482 g/mol. The van der Waals surface area contributed by atoms with Crippen LogP contribution in [0, 0.1) is 5.92 Å². The maximum absolute atomic E-state index is 12.3. The van der Waals surface area contributed by atoms with Crippen LogP contribution in [0.25, 0.3) is 22.0 Å². The van der Waals surface area contributed by atoms with Crippen LogP contribution in [0.3, 0.4) is 0 Å². The van der Waals surface area contributed by atoms with Gasteiger partial charge in [-0.3, -0.25) is 14.6 Å². The fourth-order valence-corrected chi connectivity index (χ4v) is 5.01. The van der Waals surface area contributed by atoms with Gasteiger partial charge in [-0.25, -0.2) is 13.2 Å². The zero-order chi connectivity index (χ0) is 26.0. The molecule has 11 heteroatoms. The highest BCUT2D eigenvalue weighted by molar-refractivity contribution is 7.92. The molecule has 4 N–H and O–H groups in total. The lowest BCUT2D eigenvalue weighted by atomic mass is 9.90. The van der Waals surface area contributed by atoms with E-state index in [1.807, 2.05) is 26.0 Å². The summed E-state index contributed by atoms with van der Waals surface area (Å²) in [6.45, 7) is 5.50. The highest BCUT2D eigenvalue weighted by Crippen LogP contribution is 2.36. The average molecular weight is 514 g/mol. The molecule has 0 bridgehead atoms. The van der Waals surface area contributed by atoms with Crippen molar-refractivity contribution >= 4 is 38.6 Å². The molecule has 192 valence electrons. The van der Waals surface area contributed by atoms with Crippen molar-refractivity contribution in [2.45, 2.75) is 32.6 Å². The number of ether oxygens (including phenoxy) is 1. The first kappa shape index (κ1) is 25.5. The van der Waals surface area contributed by atoms with Crippen LogP contribution in [-0.2, 0) is 14.8 Å². The molecule has 10 nitrogen and oxygen atoms in total. The predicted octanol–water partition coefficient (Wildman–Crippen LogP) is 3.67. The van der Waals surface area contributed by atoms with Crippen molar-refractivity contribution in [3.63, 3.8) is 0 Å². The second-order valence-corrected chi connectivity index (χ2v) is 11.4. The fraction of sp³-hybridized carbons (Fsp3) is 0.400. The van der Waals surface area contributed by atoms with Gasteiger partial charge in [0.1, 0.15) is 5.52 Å². The number of nitrogens with two attached hydrogens (primary N) is 1. The number of carbonyl (C=O) groups excluding carboxylic acids is 2. The monoisotopic (exact) mass is 513 g/mol. The SMILES string of the molecule is CC(C)COC(=O)N1CCC(c2[nH]nc3c(C(N)=O)cc(-c4cccc(NS(C)(=O)=O)c4)cc23)CC1. The van der Waals surface area contributed by atoms with Gasteiger partial charge in [-0.15, -0.1) is 0 Å². The Balaban J connectivity index is 1.64. The average Bonchev–Trinajstić information content (AvgIpc) is 3.25. The quantitative estimate of drug-likeness (QED) is 0.439. The van der Waals surface area contributed by atoms with E-state index < -0.39 is 15.9 Å². The minimum absolute atomic E-state index is 0.110. The Bertz CT molecular complexity index is 1390. The molecule has 0 atom stereocenters. The smallest absolute Gasteiger partial charge is 0.409 e. The van der Waals surface area contributed by atoms with Gasteiger partial charge in [0.15, 0.2) is 0 Å². The Hall–Kier alpha value is -3.60. The zero-order valence-electron chi connectivity index (χ0n) is 20.6. The molecular formula is C25H31N5O5S. The van der Waals surface area contributed by atoms with Crippen molar-refractivity contribution in [3.8, 4) is 11.1 Å². The number of piperidine rings is 1. The van der Waals surface area contributed by atoms with Crippen molar-refractivity contribution in [2.75, 3.05) is 30.7 Å². The third-order valence-electron chi connectivity index (χ3n) is 6.15. The van der Waals surface area contributed by atoms with Crippen molar-refractivity contribution in [3.05, 3.63) is 47.7 Å². The highest BCUT2D eigenvalue weighted by atomic mass is 32.2. The number of H-pyrrole nitrogens is 1. The summed E-state index contributed by atoms with van der Waals surface area (Å²) in [5, 5.41) is 8.28. The number of hydrogen-bond donors (Lipinski definition) is 3. The summed E-state index contributed by atoms with van der Waals surface area (Å²) in [5.74, 6) is -0.217. The summed E-state index contributed by atoms with van der Waals surface area (Å²) in [6.07, 6.45) is 2.23. The Morgan fingerprint density at radius 2 is 1.92 bits per heavy atom. The molecule has 2 aromatic carbocycles. The van der Waals surface area contributed by atoms with E-state index in [9.17, 15) is 18.0 Å². The number of anilines is 1. The number of hydrogen-bond acceptors (Lipinski definition) is 6. The number of rotatable bonds is 7. The number of aromatic nitrogens is 2. The maximum atomic E-state index is 12.3. The van der Waals surface area contributed by atoms with E-state index in [4.69, 9.17) is 10.5 Å². The molecule has 3 aromatic rings. The number of nitrogens with zero attached hydrogens (tertiary/aromatic N) is 2. The molecule has 0 aliphatic carbocycles. The molecule has 1 saturated heterocycles. The summed E-state index contributed by atoms with van der Waals surface area (Å²) in [6, 6.07) is 10.5. The second-order valence-electron chi connectivity index (χ2n) is 9.61. The first-order valence-electron chi connectivity index (χ1n) is 11.8. The van der Waals surface area contributed by atoms with Crippen LogP contribution in [0.5, 0.6) is 0 Å². The fourth-order valence-electron chi connectivity index (χ4n) is 4.46. The predicted molar refractivity (Wildman–Crippen MR) is 138 cm³/mol. The normalized spacial score (nSPS) is 14.8. The molecule has 36 heavy (non-hydrogen) atoms. The van der Waals surface area contributed by atoms with E-state index in [0.29, 0.717) is 36.5 Å². The number of benzene rings is 2. The summed E-state index contributed by atoms with van der Waals surface area (Å²) >= 11 is 0. The van der Waals surface area contributed by atoms with Gasteiger partial charge in [0.2, 0.25) is 10.0 Å². The van der Waals surface area contributed by atoms with Gasteiger partial charge < -0.3 is 15.4 Å². The Kier molecular flexibility index (Phi) is 7.21. The van der Waals surface area contributed by atoms with E-state index in [0.717, 1.165) is 35.7 Å². The van der Waals surface area contributed by atoms with Crippen LogP contribution in [0.15, 0.2) is 36.4 Å². The largest absolute Gasteiger partial charge is 0.449 e. The summed E-state index contributed by atoms with van der Waals surface area (Å²) < 4.78 is 31.2. The second kappa shape index (κ2) is 10.2. The maximum Gasteiger partial charge on any atom is 0.409 e. The van der Waals surface area contributed by atoms with Crippen LogP contribution < -0.4 is 10.5 Å². The number of likely N-dealkylation sites (tertiary alicyclic amines) is 1. The van der Waals surface area contributed by atoms with Crippen LogP contribution in [0.1, 0.15) is 48.7 Å². The van der Waals surface area contributed by atoms with Crippen LogP contribution in [0.2, 0.25) is 0 Å². The minimum Gasteiger partial charge on any atom is -0.449 e. The third-order valence-corrected chi connectivity index (χ3v) is 6.76. The van der Waals surface area contributed by atoms with Crippen molar-refractivity contribution < 1.29 is 22.7 Å². The standard InChI is InChI=1S/C25H31N5O5S/c1-15(2)14-35-25(32)30-9-7-16(8-10-30)22-20-12-18(13-21(24(26)31)23(20)28-27-22)17-5-4-6-19(11-17)29-36(3,33)34/h4-6,11-13,15-16,29H,7-10,14H2,1-3H3,(H2,26,31)(H,27,28). The zero-order valence-corrected chi connectivity index (χ0v) is 21.4. The van der Waals surface area contributed by atoms with Crippen LogP contribution in [0.4, 0.5) is 10.5 Å². The molecule has 0 spiro atoms. The number of primary amides is 1. The van der Waals surface area contributed by atoms with Crippen molar-refractivity contribution in [2.24, 2.45) is 11.7 Å². The van der Waals surface area contributed by atoms with Gasteiger partial charge in [0.25, 0.3) is 5.91 Å². The molecule has 0 unspecified atom stereocenters. The number of fused-ring (bicyclic) bond motifs is 1. The van der Waals surface area contributed by atoms with Gasteiger partial charge in [0, 0.05) is 35.8 Å². The van der Waals surface area contributed by atoms with Crippen molar-refractivity contribution in [1.29, 1.82) is 0 Å². The molecule has 1 aliphatic heterocycles. The van der Waals surface area contributed by atoms with Gasteiger partial charge >= 0.3 is 6.09 Å². The Morgan fingerprint density at radius 1 is 1.19 bits per heavy atom. The molecule has 2 amide bonds. The van der Waals surface area contributed by atoms with E-state index >= 15 is 0 Å². The lowest BCUT2D eigenvalue weighted by Gasteiger charge is -2.31. The number of aromatic amines is 1. The molecule has 0 radical (unpaired) electrons. The molecule has 1 aromatic heterocycles. The van der Waals surface area contributed by atoms with Crippen molar-refractivity contribution in [1.82, 2.24) is 15.1 Å². The van der Waals surface area contributed by atoms with Gasteiger partial charge in [-0.2, -0.15) is 5.10 Å². The number of amides is 2. The summed E-state index contributed by atoms with van der Waals surface area (Å²) in [4.78, 5) is 26.3. The van der Waals surface area contributed by atoms with E-state index in [2.05, 4.69) is 14.9 Å². The third kappa shape index (κ3) is 5.78. The first-order valence-corrected chi connectivity index (χ1v) is 13.7. The number of carbonyl (C=O) groups is 2. The van der Waals surface area contributed by atoms with E-state index in [1.165, 1.54) is 0 Å². The summed E-state index contributed by atoms with van der Waals surface area (Å²) in [5.41, 5.74) is 9.20. The van der Waals surface area contributed by atoms with Gasteiger partial charge in [-0.1, -0.05) is 26.0 Å². The molecule has 4 rings (SSSR count). The summed E-state index contributed by atoms with van der Waals surface area (Å²) in [7, 11) is -3.44. The minimum atomic E-state index is -3.44. The van der Waals surface area contributed by atoms with Crippen LogP contribution >= 0.6 is 0 Å². The first-order chi connectivity index (χ1) is 17.0. The number of sulfonamides is 1. The lowest BCUT2D eigenvalue weighted by Crippen LogP contribution is -2.38. The Morgan fingerprint density at radius 3 is 2.56 bits per heavy atom. The molecule has 2 heterocycles. The highest BCUT2D eigenvalue weighted by Gasteiger charge is 2.28. The van der Waals surface area contributed by atoms with Crippen LogP contribution in [-0.4, -0.2) is 61.5 Å². The molecule has 1 aliphatic rings. The lowest BCUT2D eigenvalue weighted by molar-refractivity contribution is 0.0833.